The molecule has 5 nitrogen and oxygen atoms in total. The van der Waals surface area contributed by atoms with Crippen LogP contribution in [0.1, 0.15) is 12.1 Å². The first-order valence-corrected chi connectivity index (χ1v) is 3.98. The van der Waals surface area contributed by atoms with Gasteiger partial charge < -0.3 is 14.6 Å². The average molecular weight is 192 g/mol. The summed E-state index contributed by atoms with van der Waals surface area (Å²) < 4.78 is 5.15. The van der Waals surface area contributed by atoms with Crippen LogP contribution >= 0.6 is 0 Å². The van der Waals surface area contributed by atoms with E-state index in [4.69, 9.17) is 14.6 Å². The van der Waals surface area contributed by atoms with Crippen molar-refractivity contribution in [3.63, 3.8) is 0 Å². The third kappa shape index (κ3) is 1.63. The highest BCUT2D eigenvalue weighted by Gasteiger charge is 2.09. The lowest BCUT2D eigenvalue weighted by atomic mass is 10.3. The lowest BCUT2D eigenvalue weighted by Gasteiger charge is -1.97. The summed E-state index contributed by atoms with van der Waals surface area (Å²) in [5, 5.41) is 17.6. The third-order valence-corrected chi connectivity index (χ3v) is 1.73. The van der Waals surface area contributed by atoms with E-state index in [1.54, 1.807) is 18.5 Å². The number of aliphatic hydroxyl groups is 2. The highest BCUT2D eigenvalue weighted by atomic mass is 16.5. The second kappa shape index (κ2) is 3.57. The van der Waals surface area contributed by atoms with E-state index in [1.807, 2.05) is 0 Å². The van der Waals surface area contributed by atoms with Crippen molar-refractivity contribution in [2.24, 2.45) is 0 Å². The Morgan fingerprint density at radius 3 is 2.43 bits per heavy atom. The van der Waals surface area contributed by atoms with Gasteiger partial charge in [-0.2, -0.15) is 0 Å². The summed E-state index contributed by atoms with van der Waals surface area (Å²) in [6, 6.07) is 3.13. The Morgan fingerprint density at radius 1 is 1.14 bits per heavy atom. The van der Waals surface area contributed by atoms with E-state index in [0.717, 1.165) is 0 Å². The van der Waals surface area contributed by atoms with Gasteiger partial charge in [0.1, 0.15) is 12.1 Å². The van der Waals surface area contributed by atoms with Gasteiger partial charge in [0.2, 0.25) is 6.29 Å². The Kier molecular flexibility index (Phi) is 2.26. The molecule has 0 fully saturated rings. The standard InChI is InChI=1S/C9H8N2O3/c12-9(13)8-2-1-7(14-8)6-3-10-5-11-4-6/h1-5,9,12-13H. The van der Waals surface area contributed by atoms with E-state index < -0.39 is 6.29 Å². The summed E-state index contributed by atoms with van der Waals surface area (Å²) >= 11 is 0. The van der Waals surface area contributed by atoms with Crippen molar-refractivity contribution in [3.8, 4) is 11.3 Å². The molecule has 2 aromatic heterocycles. The van der Waals surface area contributed by atoms with Crippen molar-refractivity contribution in [2.45, 2.75) is 6.29 Å². The highest BCUT2D eigenvalue weighted by molar-refractivity contribution is 5.54. The van der Waals surface area contributed by atoms with E-state index in [2.05, 4.69) is 9.97 Å². The molecule has 0 aliphatic carbocycles. The van der Waals surface area contributed by atoms with Crippen LogP contribution in [0.2, 0.25) is 0 Å². The van der Waals surface area contributed by atoms with Crippen molar-refractivity contribution >= 4 is 0 Å². The van der Waals surface area contributed by atoms with E-state index >= 15 is 0 Å². The minimum atomic E-state index is -1.59. The van der Waals surface area contributed by atoms with E-state index in [9.17, 15) is 0 Å². The van der Waals surface area contributed by atoms with Crippen LogP contribution in [0.15, 0.2) is 35.3 Å². The van der Waals surface area contributed by atoms with Gasteiger partial charge in [-0.15, -0.1) is 0 Å². The van der Waals surface area contributed by atoms with Gasteiger partial charge in [0.05, 0.1) is 5.56 Å². The molecule has 2 heterocycles. The van der Waals surface area contributed by atoms with E-state index in [0.29, 0.717) is 11.3 Å². The lowest BCUT2D eigenvalue weighted by Crippen LogP contribution is -1.90. The predicted molar refractivity (Wildman–Crippen MR) is 46.9 cm³/mol. The first-order valence-electron chi connectivity index (χ1n) is 3.98. The zero-order valence-corrected chi connectivity index (χ0v) is 7.16. The van der Waals surface area contributed by atoms with Crippen molar-refractivity contribution in [1.29, 1.82) is 0 Å². The monoisotopic (exact) mass is 192 g/mol. The molecule has 72 valence electrons. The maximum Gasteiger partial charge on any atom is 0.212 e. The van der Waals surface area contributed by atoms with Crippen LogP contribution < -0.4 is 0 Å². The molecule has 14 heavy (non-hydrogen) atoms. The molecular weight excluding hydrogens is 184 g/mol. The number of rotatable bonds is 2. The molecule has 0 aliphatic heterocycles. The summed E-state index contributed by atoms with van der Waals surface area (Å²) in [5.41, 5.74) is 0.694. The van der Waals surface area contributed by atoms with Crippen LogP contribution in [0.25, 0.3) is 11.3 Å². The molecule has 0 amide bonds. The minimum Gasteiger partial charge on any atom is -0.456 e. The van der Waals surface area contributed by atoms with Crippen LogP contribution in [0.5, 0.6) is 0 Å². The normalized spacial score (nSPS) is 10.8. The summed E-state index contributed by atoms with van der Waals surface area (Å²) in [6.45, 7) is 0. The SMILES string of the molecule is OC(O)c1ccc(-c2cncnc2)o1. The second-order valence-corrected chi connectivity index (χ2v) is 2.70. The zero-order chi connectivity index (χ0) is 9.97. The fourth-order valence-electron chi connectivity index (χ4n) is 1.07. The summed E-state index contributed by atoms with van der Waals surface area (Å²) in [6.07, 6.45) is 2.99. The largest absolute Gasteiger partial charge is 0.456 e. The van der Waals surface area contributed by atoms with Gasteiger partial charge in [-0.3, -0.25) is 0 Å². The molecule has 2 rings (SSSR count). The van der Waals surface area contributed by atoms with Crippen molar-refractivity contribution < 1.29 is 14.6 Å². The zero-order valence-electron chi connectivity index (χ0n) is 7.16. The molecule has 5 heteroatoms. The maximum absolute atomic E-state index is 8.81. The molecule has 0 unspecified atom stereocenters. The van der Waals surface area contributed by atoms with Crippen LogP contribution in [-0.4, -0.2) is 20.2 Å². The van der Waals surface area contributed by atoms with Crippen LogP contribution in [0.4, 0.5) is 0 Å². The molecule has 0 radical (unpaired) electrons. The summed E-state index contributed by atoms with van der Waals surface area (Å²) in [5.74, 6) is 0.609. The molecule has 0 saturated carbocycles. The van der Waals surface area contributed by atoms with Crippen LogP contribution in [0, 0.1) is 0 Å². The molecule has 0 aliphatic rings. The van der Waals surface area contributed by atoms with E-state index in [1.165, 1.54) is 12.4 Å². The van der Waals surface area contributed by atoms with Crippen molar-refractivity contribution in [3.05, 3.63) is 36.6 Å². The Hall–Kier alpha value is -1.72. The van der Waals surface area contributed by atoms with Crippen molar-refractivity contribution in [2.75, 3.05) is 0 Å². The molecule has 0 spiro atoms. The van der Waals surface area contributed by atoms with Gasteiger partial charge in [-0.1, -0.05) is 0 Å². The lowest BCUT2D eigenvalue weighted by molar-refractivity contribution is -0.0576. The molecule has 0 atom stereocenters. The Labute approximate surface area is 79.7 Å². The highest BCUT2D eigenvalue weighted by Crippen LogP contribution is 2.22. The smallest absolute Gasteiger partial charge is 0.212 e. The number of furan rings is 1. The maximum atomic E-state index is 8.81. The Morgan fingerprint density at radius 2 is 1.86 bits per heavy atom. The van der Waals surface area contributed by atoms with Crippen LogP contribution in [-0.2, 0) is 0 Å². The number of nitrogens with zero attached hydrogens (tertiary/aromatic N) is 2. The molecular formula is C9H8N2O3. The number of hydrogen-bond donors (Lipinski definition) is 2. The second-order valence-electron chi connectivity index (χ2n) is 2.70. The number of aliphatic hydroxyl groups excluding tert-OH is 1. The molecule has 0 aromatic carbocycles. The predicted octanol–water partition coefficient (Wildman–Crippen LogP) is 0.720. The van der Waals surface area contributed by atoms with Crippen LogP contribution in [0.3, 0.4) is 0 Å². The minimum absolute atomic E-state index is 0.101. The molecule has 0 saturated heterocycles. The average Bonchev–Trinajstić information content (AvgIpc) is 2.68. The first-order chi connectivity index (χ1) is 6.77. The molecule has 2 aromatic rings. The Balaban J connectivity index is 2.34. The van der Waals surface area contributed by atoms with Gasteiger partial charge in [-0.25, -0.2) is 9.97 Å². The van der Waals surface area contributed by atoms with Gasteiger partial charge >= 0.3 is 0 Å². The topological polar surface area (TPSA) is 79.4 Å². The fraction of sp³-hybridized carbons (Fsp3) is 0.111. The first kappa shape index (κ1) is 8.86. The van der Waals surface area contributed by atoms with Gasteiger partial charge in [0.25, 0.3) is 0 Å². The quantitative estimate of drug-likeness (QED) is 0.685. The van der Waals surface area contributed by atoms with E-state index in [-0.39, 0.29) is 5.76 Å². The summed E-state index contributed by atoms with van der Waals surface area (Å²) in [7, 11) is 0. The number of aromatic nitrogens is 2. The Bertz CT molecular complexity index is 411. The fourth-order valence-corrected chi connectivity index (χ4v) is 1.07. The van der Waals surface area contributed by atoms with Gasteiger partial charge in [0.15, 0.2) is 5.76 Å². The van der Waals surface area contributed by atoms with Gasteiger partial charge in [0, 0.05) is 12.4 Å². The third-order valence-electron chi connectivity index (χ3n) is 1.73. The summed E-state index contributed by atoms with van der Waals surface area (Å²) in [4.78, 5) is 7.64. The molecule has 2 N–H and O–H groups in total. The van der Waals surface area contributed by atoms with Gasteiger partial charge in [-0.05, 0) is 12.1 Å². The van der Waals surface area contributed by atoms with Crippen molar-refractivity contribution in [1.82, 2.24) is 9.97 Å². The molecule has 0 bridgehead atoms. The number of hydrogen-bond acceptors (Lipinski definition) is 5.